The second-order valence-electron chi connectivity index (χ2n) is 6.27. The van der Waals surface area contributed by atoms with Gasteiger partial charge in [-0.1, -0.05) is 30.3 Å². The van der Waals surface area contributed by atoms with Crippen LogP contribution in [0.5, 0.6) is 0 Å². The van der Waals surface area contributed by atoms with Gasteiger partial charge in [0.25, 0.3) is 0 Å². The normalized spacial score (nSPS) is 10.7. The van der Waals surface area contributed by atoms with Crippen LogP contribution in [0.3, 0.4) is 0 Å². The van der Waals surface area contributed by atoms with Crippen molar-refractivity contribution in [3.05, 3.63) is 66.5 Å². The van der Waals surface area contributed by atoms with Crippen molar-refractivity contribution in [1.29, 1.82) is 0 Å². The van der Waals surface area contributed by atoms with Crippen molar-refractivity contribution in [2.75, 3.05) is 37.8 Å². The summed E-state index contributed by atoms with van der Waals surface area (Å²) in [4.78, 5) is 15.5. The van der Waals surface area contributed by atoms with Crippen LogP contribution < -0.4 is 10.6 Å². The molecule has 0 aliphatic carbocycles. The van der Waals surface area contributed by atoms with Gasteiger partial charge in [-0.2, -0.15) is 4.98 Å². The van der Waals surface area contributed by atoms with Crippen molar-refractivity contribution in [3.8, 4) is 11.3 Å². The number of anilines is 2. The van der Waals surface area contributed by atoms with Gasteiger partial charge >= 0.3 is 0 Å². The lowest BCUT2D eigenvalue weighted by atomic mass is 10.2. The van der Waals surface area contributed by atoms with Gasteiger partial charge in [-0.3, -0.25) is 4.98 Å². The second-order valence-corrected chi connectivity index (χ2v) is 6.27. The van der Waals surface area contributed by atoms with Gasteiger partial charge in [-0.05, 0) is 31.8 Å². The van der Waals surface area contributed by atoms with E-state index in [1.54, 1.807) is 6.20 Å². The smallest absolute Gasteiger partial charge is 0.225 e. The molecule has 0 unspecified atom stereocenters. The molecule has 0 saturated carbocycles. The third kappa shape index (κ3) is 5.26. The molecule has 3 aromatic rings. The molecule has 26 heavy (non-hydrogen) atoms. The number of pyridine rings is 1. The Kier molecular flexibility index (Phi) is 6.11. The lowest BCUT2D eigenvalue weighted by Crippen LogP contribution is -2.21. The quantitative estimate of drug-likeness (QED) is 0.652. The molecular formula is C20H24N6. The van der Waals surface area contributed by atoms with Crippen LogP contribution in [0.15, 0.2) is 60.9 Å². The third-order valence-electron chi connectivity index (χ3n) is 3.84. The van der Waals surface area contributed by atoms with Crippen LogP contribution in [0, 0.1) is 0 Å². The first-order valence-corrected chi connectivity index (χ1v) is 8.66. The van der Waals surface area contributed by atoms with Gasteiger partial charge in [-0.15, -0.1) is 0 Å². The monoisotopic (exact) mass is 348 g/mol. The molecule has 134 valence electrons. The van der Waals surface area contributed by atoms with Crippen LogP contribution in [-0.4, -0.2) is 47.0 Å². The third-order valence-corrected chi connectivity index (χ3v) is 3.84. The molecule has 0 radical (unpaired) electrons. The van der Waals surface area contributed by atoms with Gasteiger partial charge in [0.1, 0.15) is 5.82 Å². The molecule has 6 heteroatoms. The Morgan fingerprint density at radius 1 is 0.962 bits per heavy atom. The van der Waals surface area contributed by atoms with E-state index in [1.807, 2.05) is 56.7 Å². The van der Waals surface area contributed by atoms with E-state index in [0.717, 1.165) is 30.2 Å². The number of hydrogen-bond acceptors (Lipinski definition) is 6. The highest BCUT2D eigenvalue weighted by atomic mass is 15.2. The Morgan fingerprint density at radius 3 is 2.54 bits per heavy atom. The Hall–Kier alpha value is -2.99. The van der Waals surface area contributed by atoms with Crippen LogP contribution in [0.25, 0.3) is 11.3 Å². The summed E-state index contributed by atoms with van der Waals surface area (Å²) in [5, 5.41) is 6.69. The van der Waals surface area contributed by atoms with Crippen LogP contribution in [0.2, 0.25) is 0 Å². The Bertz CT molecular complexity index is 805. The van der Waals surface area contributed by atoms with Gasteiger partial charge in [-0.25, -0.2) is 4.98 Å². The zero-order valence-corrected chi connectivity index (χ0v) is 15.2. The average Bonchev–Trinajstić information content (AvgIpc) is 2.67. The first-order valence-electron chi connectivity index (χ1n) is 8.66. The van der Waals surface area contributed by atoms with Crippen molar-refractivity contribution in [2.24, 2.45) is 0 Å². The zero-order chi connectivity index (χ0) is 18.2. The number of benzene rings is 1. The van der Waals surface area contributed by atoms with E-state index in [1.165, 1.54) is 5.56 Å². The van der Waals surface area contributed by atoms with E-state index < -0.39 is 0 Å². The molecule has 0 bridgehead atoms. The summed E-state index contributed by atoms with van der Waals surface area (Å²) < 4.78 is 0. The first-order chi connectivity index (χ1) is 12.7. The fourth-order valence-electron chi connectivity index (χ4n) is 2.46. The second kappa shape index (κ2) is 8.92. The molecule has 0 atom stereocenters. The lowest BCUT2D eigenvalue weighted by molar-refractivity contribution is 0.425. The van der Waals surface area contributed by atoms with Crippen molar-refractivity contribution in [1.82, 2.24) is 19.9 Å². The number of nitrogens with zero attached hydrogens (tertiary/aromatic N) is 4. The van der Waals surface area contributed by atoms with E-state index in [-0.39, 0.29) is 0 Å². The largest absolute Gasteiger partial charge is 0.366 e. The fourth-order valence-corrected chi connectivity index (χ4v) is 2.46. The molecular weight excluding hydrogens is 324 g/mol. The minimum atomic E-state index is 0.615. The number of nitrogens with one attached hydrogen (secondary N) is 2. The molecule has 0 saturated heterocycles. The highest BCUT2D eigenvalue weighted by Gasteiger charge is 2.07. The highest BCUT2D eigenvalue weighted by Crippen LogP contribution is 2.21. The van der Waals surface area contributed by atoms with Crippen LogP contribution in [0.4, 0.5) is 11.8 Å². The van der Waals surface area contributed by atoms with Crippen molar-refractivity contribution in [2.45, 2.75) is 6.54 Å². The molecule has 1 aromatic carbocycles. The lowest BCUT2D eigenvalue weighted by Gasteiger charge is -2.13. The maximum Gasteiger partial charge on any atom is 0.225 e. The van der Waals surface area contributed by atoms with E-state index in [9.17, 15) is 0 Å². The van der Waals surface area contributed by atoms with Crippen molar-refractivity contribution < 1.29 is 0 Å². The number of hydrogen-bond donors (Lipinski definition) is 2. The molecule has 3 rings (SSSR count). The molecule has 2 N–H and O–H groups in total. The summed E-state index contributed by atoms with van der Waals surface area (Å²) >= 11 is 0. The first kappa shape index (κ1) is 17.8. The Balaban J connectivity index is 1.80. The SMILES string of the molecule is CN(C)CCNc1nc(NCc2ccccc2)cc(-c2cccnc2)n1. The van der Waals surface area contributed by atoms with Gasteiger partial charge in [0.2, 0.25) is 5.95 Å². The van der Waals surface area contributed by atoms with Crippen molar-refractivity contribution >= 4 is 11.8 Å². The fraction of sp³-hybridized carbons (Fsp3) is 0.250. The molecule has 6 nitrogen and oxygen atoms in total. The predicted molar refractivity (Wildman–Crippen MR) is 106 cm³/mol. The predicted octanol–water partition coefficient (Wildman–Crippen LogP) is 3.12. The Morgan fingerprint density at radius 2 is 1.81 bits per heavy atom. The highest BCUT2D eigenvalue weighted by molar-refractivity contribution is 5.63. The standard InChI is InChI=1S/C20H24N6/c1-26(2)12-11-22-20-24-18(17-9-6-10-21-15-17)13-19(25-20)23-14-16-7-4-3-5-8-16/h3-10,13,15H,11-12,14H2,1-2H3,(H2,22,23,24,25). The molecule has 2 heterocycles. The van der Waals surface area contributed by atoms with Gasteiger partial charge in [0, 0.05) is 43.7 Å². The summed E-state index contributed by atoms with van der Waals surface area (Å²) in [6, 6.07) is 16.1. The summed E-state index contributed by atoms with van der Waals surface area (Å²) in [5.41, 5.74) is 3.01. The van der Waals surface area contributed by atoms with Crippen LogP contribution in [-0.2, 0) is 6.54 Å². The molecule has 0 fully saturated rings. The van der Waals surface area contributed by atoms with Crippen LogP contribution >= 0.6 is 0 Å². The molecule has 0 aliphatic heterocycles. The zero-order valence-electron chi connectivity index (χ0n) is 15.2. The van der Waals surface area contributed by atoms with Gasteiger partial charge in [0.05, 0.1) is 5.69 Å². The van der Waals surface area contributed by atoms with Crippen molar-refractivity contribution in [3.63, 3.8) is 0 Å². The Labute approximate surface area is 154 Å². The molecule has 0 amide bonds. The maximum atomic E-state index is 4.63. The van der Waals surface area contributed by atoms with E-state index >= 15 is 0 Å². The number of likely N-dealkylation sites (N-methyl/N-ethyl adjacent to an activating group) is 1. The van der Waals surface area contributed by atoms with Gasteiger partial charge < -0.3 is 15.5 Å². The average molecular weight is 348 g/mol. The van der Waals surface area contributed by atoms with Gasteiger partial charge in [0.15, 0.2) is 0 Å². The van der Waals surface area contributed by atoms with E-state index in [2.05, 4.69) is 42.6 Å². The summed E-state index contributed by atoms with van der Waals surface area (Å²) in [6.45, 7) is 2.40. The summed E-state index contributed by atoms with van der Waals surface area (Å²) in [5.74, 6) is 1.40. The maximum absolute atomic E-state index is 4.63. The molecule has 0 aliphatic rings. The van der Waals surface area contributed by atoms with E-state index in [0.29, 0.717) is 12.5 Å². The number of aromatic nitrogens is 3. The minimum absolute atomic E-state index is 0.615. The summed E-state index contributed by atoms with van der Waals surface area (Å²) in [7, 11) is 4.09. The summed E-state index contributed by atoms with van der Waals surface area (Å²) in [6.07, 6.45) is 3.57. The van der Waals surface area contributed by atoms with E-state index in [4.69, 9.17) is 0 Å². The molecule has 2 aromatic heterocycles. The number of rotatable bonds is 8. The minimum Gasteiger partial charge on any atom is -0.366 e. The topological polar surface area (TPSA) is 66.0 Å². The molecule has 0 spiro atoms. The van der Waals surface area contributed by atoms with Crippen LogP contribution in [0.1, 0.15) is 5.56 Å².